The van der Waals surface area contributed by atoms with Gasteiger partial charge in [0.1, 0.15) is 4.90 Å². The van der Waals surface area contributed by atoms with E-state index in [0.717, 1.165) is 25.9 Å². The van der Waals surface area contributed by atoms with E-state index in [1.807, 2.05) is 17.0 Å². The second kappa shape index (κ2) is 8.05. The van der Waals surface area contributed by atoms with Crippen molar-refractivity contribution in [2.24, 2.45) is 5.92 Å². The van der Waals surface area contributed by atoms with E-state index in [9.17, 15) is 13.2 Å². The Labute approximate surface area is 166 Å². The Kier molecular flexibility index (Phi) is 5.50. The van der Waals surface area contributed by atoms with Gasteiger partial charge in [-0.2, -0.15) is 4.31 Å². The average molecular weight is 403 g/mol. The number of nitrogens with zero attached hydrogens (tertiary/aromatic N) is 4. The van der Waals surface area contributed by atoms with Crippen LogP contribution in [0.25, 0.3) is 0 Å². The largest absolute Gasteiger partial charge is 0.351 e. The minimum atomic E-state index is -3.53. The molecule has 28 heavy (non-hydrogen) atoms. The summed E-state index contributed by atoms with van der Waals surface area (Å²) in [4.78, 5) is 19.0. The summed E-state index contributed by atoms with van der Waals surface area (Å²) < 4.78 is 29.1. The highest BCUT2D eigenvalue weighted by Gasteiger charge is 2.35. The number of rotatable bonds is 4. The van der Waals surface area contributed by atoms with Crippen LogP contribution in [0.3, 0.4) is 0 Å². The van der Waals surface area contributed by atoms with E-state index in [0.29, 0.717) is 32.0 Å². The molecule has 4 heterocycles. The van der Waals surface area contributed by atoms with Crippen molar-refractivity contribution >= 4 is 15.9 Å². The Morgan fingerprint density at radius 1 is 0.964 bits per heavy atom. The van der Waals surface area contributed by atoms with Gasteiger partial charge in [0.25, 0.3) is 0 Å². The van der Waals surface area contributed by atoms with E-state index in [4.69, 9.17) is 0 Å². The molecule has 2 saturated heterocycles. The molecule has 2 aromatic heterocycles. The molecule has 0 aliphatic carbocycles. The van der Waals surface area contributed by atoms with Gasteiger partial charge in [-0.25, -0.2) is 8.42 Å². The lowest BCUT2D eigenvalue weighted by molar-refractivity contribution is -0.138. The lowest BCUT2D eigenvalue weighted by Crippen LogP contribution is -2.46. The number of pyridine rings is 1. The van der Waals surface area contributed by atoms with Crippen LogP contribution in [0.2, 0.25) is 0 Å². The smallest absolute Gasteiger partial charge is 0.244 e. The normalized spacial score (nSPS) is 20.4. The second-order valence-corrected chi connectivity index (χ2v) is 9.49. The first kappa shape index (κ1) is 19.1. The molecule has 8 heteroatoms. The SMILES string of the molecule is O=C(C1CCN(S(=O)(=O)c2cccnc2)CC1)N1CCC(n2cccc2)CC1. The van der Waals surface area contributed by atoms with Crippen molar-refractivity contribution in [3.05, 3.63) is 49.1 Å². The zero-order valence-electron chi connectivity index (χ0n) is 15.9. The molecule has 0 N–H and O–H groups in total. The van der Waals surface area contributed by atoms with Crippen LogP contribution in [0.1, 0.15) is 31.7 Å². The van der Waals surface area contributed by atoms with Crippen LogP contribution < -0.4 is 0 Å². The number of aromatic nitrogens is 2. The maximum absolute atomic E-state index is 12.9. The molecule has 2 aliphatic rings. The lowest BCUT2D eigenvalue weighted by Gasteiger charge is -2.37. The summed E-state index contributed by atoms with van der Waals surface area (Å²) in [6.07, 6.45) is 10.2. The van der Waals surface area contributed by atoms with Crippen molar-refractivity contribution in [1.82, 2.24) is 18.8 Å². The van der Waals surface area contributed by atoms with Crippen LogP contribution in [-0.2, 0) is 14.8 Å². The lowest BCUT2D eigenvalue weighted by atomic mass is 9.95. The van der Waals surface area contributed by atoms with Crippen molar-refractivity contribution in [3.63, 3.8) is 0 Å². The topological polar surface area (TPSA) is 75.5 Å². The van der Waals surface area contributed by atoms with Gasteiger partial charge in [0.05, 0.1) is 0 Å². The summed E-state index contributed by atoms with van der Waals surface area (Å²) >= 11 is 0. The number of sulfonamides is 1. The third kappa shape index (κ3) is 3.84. The van der Waals surface area contributed by atoms with Gasteiger partial charge in [-0.15, -0.1) is 0 Å². The summed E-state index contributed by atoms with van der Waals surface area (Å²) in [5, 5.41) is 0. The molecular formula is C20H26N4O3S. The van der Waals surface area contributed by atoms with Crippen LogP contribution in [0.15, 0.2) is 53.9 Å². The Morgan fingerprint density at radius 2 is 1.64 bits per heavy atom. The van der Waals surface area contributed by atoms with Gasteiger partial charge in [0.15, 0.2) is 0 Å². The summed E-state index contributed by atoms with van der Waals surface area (Å²) in [5.74, 6) is 0.104. The van der Waals surface area contributed by atoms with E-state index in [1.54, 1.807) is 18.3 Å². The number of carbonyl (C=O) groups excluding carboxylic acids is 1. The fourth-order valence-electron chi connectivity index (χ4n) is 4.23. The number of likely N-dealkylation sites (tertiary alicyclic amines) is 1. The minimum Gasteiger partial charge on any atom is -0.351 e. The quantitative estimate of drug-likeness (QED) is 0.785. The van der Waals surface area contributed by atoms with Crippen molar-refractivity contribution in [2.45, 2.75) is 36.6 Å². The Balaban J connectivity index is 1.31. The van der Waals surface area contributed by atoms with Gasteiger partial charge in [-0.05, 0) is 49.9 Å². The molecule has 0 bridgehead atoms. The van der Waals surface area contributed by atoms with E-state index in [2.05, 4.69) is 21.9 Å². The van der Waals surface area contributed by atoms with Crippen LogP contribution in [0.5, 0.6) is 0 Å². The molecule has 2 aliphatic heterocycles. The molecular weight excluding hydrogens is 376 g/mol. The zero-order valence-corrected chi connectivity index (χ0v) is 16.7. The first-order valence-corrected chi connectivity index (χ1v) is 11.3. The summed E-state index contributed by atoms with van der Waals surface area (Å²) in [6.45, 7) is 2.31. The van der Waals surface area contributed by atoms with Crippen molar-refractivity contribution in [2.75, 3.05) is 26.2 Å². The van der Waals surface area contributed by atoms with E-state index < -0.39 is 10.0 Å². The molecule has 1 amide bonds. The summed E-state index contributed by atoms with van der Waals surface area (Å²) in [6, 6.07) is 7.72. The highest BCUT2D eigenvalue weighted by molar-refractivity contribution is 7.89. The average Bonchev–Trinajstić information content (AvgIpc) is 3.29. The first-order chi connectivity index (χ1) is 13.6. The van der Waals surface area contributed by atoms with Gasteiger partial charge >= 0.3 is 0 Å². The van der Waals surface area contributed by atoms with Gasteiger partial charge in [0, 0.05) is 62.9 Å². The van der Waals surface area contributed by atoms with Gasteiger partial charge < -0.3 is 9.47 Å². The zero-order chi connectivity index (χ0) is 19.6. The molecule has 0 spiro atoms. The molecule has 4 rings (SSSR count). The molecule has 0 unspecified atom stereocenters. The molecule has 0 radical (unpaired) electrons. The van der Waals surface area contributed by atoms with Crippen LogP contribution in [0, 0.1) is 5.92 Å². The highest BCUT2D eigenvalue weighted by atomic mass is 32.2. The second-order valence-electron chi connectivity index (χ2n) is 7.55. The summed E-state index contributed by atoms with van der Waals surface area (Å²) in [7, 11) is -3.53. The fourth-order valence-corrected chi connectivity index (χ4v) is 5.66. The Morgan fingerprint density at radius 3 is 2.25 bits per heavy atom. The fraction of sp³-hybridized carbons (Fsp3) is 0.500. The van der Waals surface area contributed by atoms with E-state index >= 15 is 0 Å². The minimum absolute atomic E-state index is 0.0801. The van der Waals surface area contributed by atoms with Gasteiger partial charge in [0.2, 0.25) is 15.9 Å². The van der Waals surface area contributed by atoms with Crippen LogP contribution in [0.4, 0.5) is 0 Å². The number of piperidine rings is 2. The summed E-state index contributed by atoms with van der Waals surface area (Å²) in [5.41, 5.74) is 0. The molecule has 0 aromatic carbocycles. The molecule has 2 fully saturated rings. The molecule has 2 aromatic rings. The maximum Gasteiger partial charge on any atom is 0.244 e. The predicted octanol–water partition coefficient (Wildman–Crippen LogP) is 2.15. The Bertz CT molecular complexity index is 883. The number of hydrogen-bond acceptors (Lipinski definition) is 4. The third-order valence-corrected chi connectivity index (χ3v) is 7.78. The van der Waals surface area contributed by atoms with Crippen molar-refractivity contribution in [1.29, 1.82) is 0 Å². The maximum atomic E-state index is 12.9. The number of hydrogen-bond donors (Lipinski definition) is 0. The number of carbonyl (C=O) groups is 1. The monoisotopic (exact) mass is 402 g/mol. The highest BCUT2D eigenvalue weighted by Crippen LogP contribution is 2.28. The standard InChI is InChI=1S/C20H26N4O3S/c25-20(23-12-7-18(8-13-23)22-10-1-2-11-22)17-5-14-24(15-6-17)28(26,27)19-4-3-9-21-16-19/h1-4,9-11,16-18H,5-8,12-15H2. The van der Waals surface area contributed by atoms with Gasteiger partial charge in [-0.3, -0.25) is 9.78 Å². The van der Waals surface area contributed by atoms with E-state index in [-0.39, 0.29) is 16.7 Å². The number of amides is 1. The van der Waals surface area contributed by atoms with Gasteiger partial charge in [-0.1, -0.05) is 0 Å². The molecule has 0 saturated carbocycles. The van der Waals surface area contributed by atoms with E-state index in [1.165, 1.54) is 10.5 Å². The first-order valence-electron chi connectivity index (χ1n) is 9.87. The van der Waals surface area contributed by atoms with Crippen molar-refractivity contribution in [3.8, 4) is 0 Å². The molecule has 7 nitrogen and oxygen atoms in total. The van der Waals surface area contributed by atoms with Crippen LogP contribution >= 0.6 is 0 Å². The van der Waals surface area contributed by atoms with Crippen molar-refractivity contribution < 1.29 is 13.2 Å². The predicted molar refractivity (Wildman–Crippen MR) is 105 cm³/mol. The Hall–Kier alpha value is -2.19. The molecule has 0 atom stereocenters. The van der Waals surface area contributed by atoms with Crippen LogP contribution in [-0.4, -0.2) is 59.3 Å². The molecule has 150 valence electrons. The third-order valence-electron chi connectivity index (χ3n) is 5.90.